The maximum absolute atomic E-state index is 11.9. The number of hydrogen-bond donors (Lipinski definition) is 2. The van der Waals surface area contributed by atoms with Crippen molar-refractivity contribution in [2.45, 2.75) is 12.8 Å². The quantitative estimate of drug-likeness (QED) is 0.705. The second-order valence-electron chi connectivity index (χ2n) is 7.14. The van der Waals surface area contributed by atoms with Crippen LogP contribution in [-0.2, 0) is 4.79 Å². The van der Waals surface area contributed by atoms with Gasteiger partial charge in [-0.3, -0.25) is 9.69 Å². The average molecular weight is 346 g/mol. The second-order valence-corrected chi connectivity index (χ2v) is 7.14. The summed E-state index contributed by atoms with van der Waals surface area (Å²) < 4.78 is 5.81. The molecule has 1 aliphatic carbocycles. The molecule has 25 heavy (non-hydrogen) atoms. The second kappa shape index (κ2) is 9.17. The summed E-state index contributed by atoms with van der Waals surface area (Å²) in [6, 6.07) is 7.61. The van der Waals surface area contributed by atoms with E-state index < -0.39 is 0 Å². The lowest BCUT2D eigenvalue weighted by Crippen LogP contribution is -2.45. The highest BCUT2D eigenvalue weighted by molar-refractivity contribution is 5.92. The van der Waals surface area contributed by atoms with Crippen LogP contribution in [0.5, 0.6) is 5.75 Å². The molecule has 0 bridgehead atoms. The van der Waals surface area contributed by atoms with Gasteiger partial charge < -0.3 is 20.3 Å². The lowest BCUT2D eigenvalue weighted by molar-refractivity contribution is -0.115. The standard InChI is InChI=1S/C19H30N4O2/c1-22-8-10-23(11-9-22)12-13-25-18-6-4-17(5-7-18)21-19(24)15-20-14-16-2-3-16/h4-7,16,20H,2-3,8-15H2,1H3,(H,21,24). The number of benzene rings is 1. The molecule has 6 heteroatoms. The molecule has 1 aliphatic heterocycles. The predicted molar refractivity (Wildman–Crippen MR) is 100 cm³/mol. The Hall–Kier alpha value is -1.63. The van der Waals surface area contributed by atoms with Crippen molar-refractivity contribution in [2.24, 2.45) is 5.92 Å². The molecule has 2 fully saturated rings. The average Bonchev–Trinajstić information content (AvgIpc) is 3.43. The molecule has 3 rings (SSSR count). The molecular formula is C19H30N4O2. The first-order valence-electron chi connectivity index (χ1n) is 9.33. The number of rotatable bonds is 9. The number of ether oxygens (including phenoxy) is 1. The molecule has 1 saturated carbocycles. The number of piperazine rings is 1. The minimum Gasteiger partial charge on any atom is -0.492 e. The summed E-state index contributed by atoms with van der Waals surface area (Å²) in [5, 5.41) is 6.10. The van der Waals surface area contributed by atoms with Gasteiger partial charge in [-0.15, -0.1) is 0 Å². The molecular weight excluding hydrogens is 316 g/mol. The highest BCUT2D eigenvalue weighted by atomic mass is 16.5. The lowest BCUT2D eigenvalue weighted by atomic mass is 10.3. The first-order valence-corrected chi connectivity index (χ1v) is 9.33. The van der Waals surface area contributed by atoms with Gasteiger partial charge in [0.15, 0.2) is 0 Å². The van der Waals surface area contributed by atoms with E-state index in [1.165, 1.54) is 12.8 Å². The number of hydrogen-bond acceptors (Lipinski definition) is 5. The van der Waals surface area contributed by atoms with Crippen molar-refractivity contribution in [1.82, 2.24) is 15.1 Å². The van der Waals surface area contributed by atoms with Crippen molar-refractivity contribution < 1.29 is 9.53 Å². The summed E-state index contributed by atoms with van der Waals surface area (Å²) in [4.78, 5) is 16.6. The molecule has 2 aliphatic rings. The molecule has 1 aromatic carbocycles. The van der Waals surface area contributed by atoms with Gasteiger partial charge in [-0.05, 0) is 56.6 Å². The Morgan fingerprint density at radius 1 is 1.16 bits per heavy atom. The van der Waals surface area contributed by atoms with Gasteiger partial charge in [0.2, 0.25) is 5.91 Å². The molecule has 1 heterocycles. The fourth-order valence-electron chi connectivity index (χ4n) is 2.92. The normalized spacial score (nSPS) is 18.9. The van der Waals surface area contributed by atoms with E-state index >= 15 is 0 Å². The van der Waals surface area contributed by atoms with E-state index in [2.05, 4.69) is 27.5 Å². The summed E-state index contributed by atoms with van der Waals surface area (Å²) in [6.07, 6.45) is 2.59. The van der Waals surface area contributed by atoms with Crippen LogP contribution in [0.1, 0.15) is 12.8 Å². The molecule has 0 atom stereocenters. The van der Waals surface area contributed by atoms with Crippen LogP contribution in [0.3, 0.4) is 0 Å². The van der Waals surface area contributed by atoms with Gasteiger partial charge in [0.25, 0.3) is 0 Å². The van der Waals surface area contributed by atoms with Crippen molar-refractivity contribution in [2.75, 3.05) is 64.8 Å². The van der Waals surface area contributed by atoms with Crippen LogP contribution in [-0.4, -0.2) is 75.2 Å². The number of likely N-dealkylation sites (N-methyl/N-ethyl adjacent to an activating group) is 1. The van der Waals surface area contributed by atoms with Crippen LogP contribution in [0.25, 0.3) is 0 Å². The van der Waals surface area contributed by atoms with Gasteiger partial charge in [-0.1, -0.05) is 0 Å². The van der Waals surface area contributed by atoms with E-state index in [9.17, 15) is 4.79 Å². The third-order valence-electron chi connectivity index (χ3n) is 4.83. The Balaban J connectivity index is 1.31. The topological polar surface area (TPSA) is 56.8 Å². The minimum atomic E-state index is 0.00406. The van der Waals surface area contributed by atoms with Crippen molar-refractivity contribution in [3.63, 3.8) is 0 Å². The van der Waals surface area contributed by atoms with Gasteiger partial charge in [-0.25, -0.2) is 0 Å². The van der Waals surface area contributed by atoms with E-state index in [0.717, 1.165) is 56.6 Å². The Labute approximate surface area is 150 Å². The van der Waals surface area contributed by atoms with Crippen LogP contribution in [0.4, 0.5) is 5.69 Å². The van der Waals surface area contributed by atoms with Crippen molar-refractivity contribution in [1.29, 1.82) is 0 Å². The molecule has 1 saturated heterocycles. The maximum atomic E-state index is 11.9. The SMILES string of the molecule is CN1CCN(CCOc2ccc(NC(=O)CNCC3CC3)cc2)CC1. The van der Waals surface area contributed by atoms with E-state index in [1.807, 2.05) is 24.3 Å². The fourth-order valence-corrected chi connectivity index (χ4v) is 2.92. The monoisotopic (exact) mass is 346 g/mol. The van der Waals surface area contributed by atoms with E-state index in [4.69, 9.17) is 4.74 Å². The first kappa shape index (κ1) is 18.2. The molecule has 0 spiro atoms. The number of carbonyl (C=O) groups excluding carboxylic acids is 1. The third kappa shape index (κ3) is 6.65. The summed E-state index contributed by atoms with van der Waals surface area (Å²) in [7, 11) is 2.16. The lowest BCUT2D eigenvalue weighted by Gasteiger charge is -2.32. The van der Waals surface area contributed by atoms with Crippen LogP contribution in [0.15, 0.2) is 24.3 Å². The Morgan fingerprint density at radius 2 is 1.88 bits per heavy atom. The Kier molecular flexibility index (Phi) is 6.67. The fraction of sp³-hybridized carbons (Fsp3) is 0.632. The number of amides is 1. The third-order valence-corrected chi connectivity index (χ3v) is 4.83. The first-order chi connectivity index (χ1) is 12.2. The van der Waals surface area contributed by atoms with Crippen LogP contribution in [0, 0.1) is 5.92 Å². The van der Waals surface area contributed by atoms with Gasteiger partial charge in [-0.2, -0.15) is 0 Å². The van der Waals surface area contributed by atoms with Crippen molar-refractivity contribution in [3.05, 3.63) is 24.3 Å². The zero-order chi connectivity index (χ0) is 17.5. The minimum absolute atomic E-state index is 0.00406. The number of anilines is 1. The van der Waals surface area contributed by atoms with E-state index in [1.54, 1.807) is 0 Å². The molecule has 1 amide bonds. The van der Waals surface area contributed by atoms with Gasteiger partial charge in [0.1, 0.15) is 12.4 Å². The largest absolute Gasteiger partial charge is 0.492 e. The van der Waals surface area contributed by atoms with Crippen molar-refractivity contribution >= 4 is 11.6 Å². The molecule has 138 valence electrons. The molecule has 6 nitrogen and oxygen atoms in total. The predicted octanol–water partition coefficient (Wildman–Crippen LogP) is 1.25. The summed E-state index contributed by atoms with van der Waals surface area (Å²) in [5.41, 5.74) is 0.810. The van der Waals surface area contributed by atoms with Crippen molar-refractivity contribution in [3.8, 4) is 5.75 Å². The molecule has 0 aromatic heterocycles. The van der Waals surface area contributed by atoms with Gasteiger partial charge in [0.05, 0.1) is 6.54 Å². The van der Waals surface area contributed by atoms with E-state index in [-0.39, 0.29) is 5.91 Å². The molecule has 1 aromatic rings. The zero-order valence-electron chi connectivity index (χ0n) is 15.2. The Bertz CT molecular complexity index is 537. The highest BCUT2D eigenvalue weighted by Gasteiger charge is 2.20. The summed E-state index contributed by atoms with van der Waals surface area (Å²) in [6.45, 7) is 7.46. The van der Waals surface area contributed by atoms with Crippen LogP contribution < -0.4 is 15.4 Å². The Morgan fingerprint density at radius 3 is 2.56 bits per heavy atom. The molecule has 0 unspecified atom stereocenters. The van der Waals surface area contributed by atoms with Gasteiger partial charge >= 0.3 is 0 Å². The number of nitrogens with one attached hydrogen (secondary N) is 2. The maximum Gasteiger partial charge on any atom is 0.238 e. The highest BCUT2D eigenvalue weighted by Crippen LogP contribution is 2.27. The van der Waals surface area contributed by atoms with Gasteiger partial charge in [0, 0.05) is 38.4 Å². The van der Waals surface area contributed by atoms with Crippen LogP contribution >= 0.6 is 0 Å². The van der Waals surface area contributed by atoms with E-state index in [0.29, 0.717) is 13.2 Å². The summed E-state index contributed by atoms with van der Waals surface area (Å²) in [5.74, 6) is 1.64. The molecule has 2 N–H and O–H groups in total. The molecule has 0 radical (unpaired) electrons. The number of carbonyl (C=O) groups is 1. The smallest absolute Gasteiger partial charge is 0.238 e. The van der Waals surface area contributed by atoms with Crippen LogP contribution in [0.2, 0.25) is 0 Å². The number of nitrogens with zero attached hydrogens (tertiary/aromatic N) is 2. The summed E-state index contributed by atoms with van der Waals surface area (Å²) >= 11 is 0. The zero-order valence-corrected chi connectivity index (χ0v) is 15.2.